The minimum absolute atomic E-state index is 0.165. The maximum atomic E-state index is 12.7. The van der Waals surface area contributed by atoms with Gasteiger partial charge in [0.05, 0.1) is 24.1 Å². The average Bonchev–Trinajstić information content (AvgIpc) is 3.57. The van der Waals surface area contributed by atoms with E-state index in [0.717, 1.165) is 5.69 Å². The van der Waals surface area contributed by atoms with E-state index >= 15 is 0 Å². The smallest absolute Gasteiger partial charge is 0.275 e. The molecule has 202 valence electrons. The first-order valence-electron chi connectivity index (χ1n) is 11.5. The highest BCUT2D eigenvalue weighted by atomic mass is 31.0. The lowest BCUT2D eigenvalue weighted by molar-refractivity contribution is 0.0995. The van der Waals surface area contributed by atoms with Gasteiger partial charge in [0.15, 0.2) is 12.0 Å². The number of oxazole rings is 1. The minimum Gasteiger partial charge on any atom is -0.444 e. The lowest BCUT2D eigenvalue weighted by Crippen LogP contribution is -2.19. The number of aldehydes is 1. The summed E-state index contributed by atoms with van der Waals surface area (Å²) in [6, 6.07) is 11.0. The van der Waals surface area contributed by atoms with Crippen molar-refractivity contribution in [2.75, 3.05) is 24.2 Å². The first-order valence-corrected chi connectivity index (χ1v) is 12.1. The van der Waals surface area contributed by atoms with E-state index in [-0.39, 0.29) is 23.1 Å². The molecule has 1 aromatic carbocycles. The number of primary amides is 1. The van der Waals surface area contributed by atoms with Crippen LogP contribution in [0, 0.1) is 6.92 Å². The molecule has 0 aliphatic carbocycles. The third kappa shape index (κ3) is 8.74. The van der Waals surface area contributed by atoms with Crippen LogP contribution in [0.5, 0.6) is 0 Å². The van der Waals surface area contributed by atoms with Gasteiger partial charge in [0.2, 0.25) is 5.89 Å². The molecular formula is C25H30F2N7O3P. The van der Waals surface area contributed by atoms with E-state index in [2.05, 4.69) is 25.7 Å². The fraction of sp³-hybridized carbons (Fsp3) is 0.240. The number of alkyl halides is 2. The molecule has 1 atom stereocenters. The van der Waals surface area contributed by atoms with Gasteiger partial charge in [0.1, 0.15) is 17.8 Å². The average molecular weight is 546 g/mol. The third-order valence-electron chi connectivity index (χ3n) is 4.67. The molecule has 10 nitrogen and oxygen atoms in total. The fourth-order valence-corrected chi connectivity index (χ4v) is 3.01. The molecule has 0 saturated carbocycles. The third-order valence-corrected chi connectivity index (χ3v) is 4.87. The number of nitrogens with two attached hydrogens (primary N) is 1. The number of benzene rings is 1. The first-order chi connectivity index (χ1) is 18.1. The number of nitrogens with one attached hydrogen (secondary N) is 2. The Morgan fingerprint density at radius 1 is 1.24 bits per heavy atom. The van der Waals surface area contributed by atoms with Crippen molar-refractivity contribution in [2.24, 2.45) is 5.73 Å². The van der Waals surface area contributed by atoms with Gasteiger partial charge in [-0.2, -0.15) is 5.10 Å². The molecule has 0 aliphatic heterocycles. The second-order valence-corrected chi connectivity index (χ2v) is 8.37. The number of aryl methyl sites for hydroxylation is 1. The minimum atomic E-state index is -2.91. The van der Waals surface area contributed by atoms with Crippen LogP contribution in [-0.2, 0) is 0 Å². The molecule has 0 aliphatic rings. The van der Waals surface area contributed by atoms with Crippen molar-refractivity contribution >= 4 is 32.9 Å². The van der Waals surface area contributed by atoms with Crippen LogP contribution >= 0.6 is 9.24 Å². The van der Waals surface area contributed by atoms with Gasteiger partial charge < -0.3 is 20.8 Å². The molecule has 0 saturated heterocycles. The van der Waals surface area contributed by atoms with E-state index in [0.29, 0.717) is 17.5 Å². The number of anilines is 2. The molecule has 4 N–H and O–H groups in total. The van der Waals surface area contributed by atoms with Gasteiger partial charge in [0.25, 0.3) is 11.6 Å². The maximum absolute atomic E-state index is 12.7. The van der Waals surface area contributed by atoms with Crippen molar-refractivity contribution in [1.82, 2.24) is 19.7 Å². The van der Waals surface area contributed by atoms with Crippen molar-refractivity contribution in [2.45, 2.75) is 26.4 Å². The van der Waals surface area contributed by atoms with Crippen LogP contribution in [0.25, 0.3) is 17.1 Å². The van der Waals surface area contributed by atoms with Crippen LogP contribution in [0.1, 0.15) is 40.4 Å². The van der Waals surface area contributed by atoms with E-state index < -0.39 is 18.1 Å². The van der Waals surface area contributed by atoms with Crippen molar-refractivity contribution in [1.29, 1.82) is 0 Å². The first kappa shape index (κ1) is 30.0. The zero-order valence-electron chi connectivity index (χ0n) is 21.4. The highest BCUT2D eigenvalue weighted by Gasteiger charge is 2.21. The molecule has 1 unspecified atom stereocenters. The zero-order valence-corrected chi connectivity index (χ0v) is 22.6. The Bertz CT molecular complexity index is 1340. The molecule has 3 aromatic heterocycles. The fourth-order valence-electron chi connectivity index (χ4n) is 2.91. The molecular weight excluding hydrogens is 515 g/mol. The molecule has 13 heteroatoms. The summed E-state index contributed by atoms with van der Waals surface area (Å²) in [6.45, 7) is 5.46. The van der Waals surface area contributed by atoms with Crippen LogP contribution in [0.3, 0.4) is 0 Å². The zero-order chi connectivity index (χ0) is 28.3. The van der Waals surface area contributed by atoms with Crippen LogP contribution in [0.15, 0.2) is 59.5 Å². The van der Waals surface area contributed by atoms with Crippen LogP contribution in [0.4, 0.5) is 20.3 Å². The Morgan fingerprint density at radius 2 is 1.92 bits per heavy atom. The molecule has 0 spiro atoms. The van der Waals surface area contributed by atoms with Gasteiger partial charge in [0, 0.05) is 18.8 Å². The van der Waals surface area contributed by atoms with Crippen molar-refractivity contribution < 1.29 is 22.8 Å². The monoisotopic (exact) mass is 545 g/mol. The number of hydrogen-bond acceptors (Lipinski definition) is 8. The number of hydrogen-bond donors (Lipinski definition) is 3. The maximum Gasteiger partial charge on any atom is 0.275 e. The second kappa shape index (κ2) is 13.9. The number of rotatable bonds is 8. The van der Waals surface area contributed by atoms with E-state index in [9.17, 15) is 18.4 Å². The highest BCUT2D eigenvalue weighted by Crippen LogP contribution is 2.24. The summed E-state index contributed by atoms with van der Waals surface area (Å²) >= 11 is 0. The van der Waals surface area contributed by atoms with E-state index in [4.69, 9.17) is 10.2 Å². The van der Waals surface area contributed by atoms with Gasteiger partial charge >= 0.3 is 0 Å². The Balaban J connectivity index is 0.000000252. The van der Waals surface area contributed by atoms with Crippen LogP contribution < -0.4 is 16.4 Å². The summed E-state index contributed by atoms with van der Waals surface area (Å²) in [5.74, 6) is -0.0455. The molecule has 38 heavy (non-hydrogen) atoms. The standard InChI is InChI=1S/C12H14N4O.C11H10F2N3O2P.C2H6/c1-8-3-5-9(6-4-8)16-7-10(14-2)11(15-16)12(13)17;12-11(13,19)6-15-9-3-7(1-2-14-9)10-16-8(4-17)5-18-10;1-2/h3-7,14H,1-2H3,(H2,13,17);1-5H,6,19H2,(H,14,15);1-2H3. The van der Waals surface area contributed by atoms with Crippen LogP contribution in [-0.4, -0.2) is 51.2 Å². The molecule has 0 radical (unpaired) electrons. The van der Waals surface area contributed by atoms with Crippen molar-refractivity contribution in [3.8, 4) is 17.1 Å². The quantitative estimate of drug-likeness (QED) is 0.212. The lowest BCUT2D eigenvalue weighted by atomic mass is 10.2. The van der Waals surface area contributed by atoms with E-state index in [1.165, 1.54) is 33.3 Å². The lowest BCUT2D eigenvalue weighted by Gasteiger charge is -2.11. The number of nitrogens with zero attached hydrogens (tertiary/aromatic N) is 4. The number of halogens is 2. The van der Waals surface area contributed by atoms with Gasteiger partial charge in [-0.3, -0.25) is 9.59 Å². The summed E-state index contributed by atoms with van der Waals surface area (Å²) in [7, 11) is 3.16. The van der Waals surface area contributed by atoms with Crippen molar-refractivity contribution in [3.63, 3.8) is 0 Å². The topological polar surface area (TPSA) is 141 Å². The molecule has 0 bridgehead atoms. The molecule has 0 fully saturated rings. The van der Waals surface area contributed by atoms with Gasteiger partial charge in [-0.05, 0) is 31.2 Å². The summed E-state index contributed by atoms with van der Waals surface area (Å²) in [5, 5.41) is 9.55. The van der Waals surface area contributed by atoms with Gasteiger partial charge in [-0.15, -0.1) is 0 Å². The molecule has 4 aromatic rings. The Morgan fingerprint density at radius 3 is 2.45 bits per heavy atom. The van der Waals surface area contributed by atoms with Gasteiger partial charge in [-0.1, -0.05) is 40.8 Å². The molecule has 3 heterocycles. The van der Waals surface area contributed by atoms with Crippen LogP contribution in [0.2, 0.25) is 0 Å². The number of carbonyl (C=O) groups is 2. The summed E-state index contributed by atoms with van der Waals surface area (Å²) in [5.41, 5.74) is 5.97. The number of carbonyl (C=O) groups excluding carboxylic acids is 2. The predicted octanol–water partition coefficient (Wildman–Crippen LogP) is 4.78. The summed E-state index contributed by atoms with van der Waals surface area (Å²) in [6.07, 6.45) is 4.95. The SMILES string of the molecule is CC.CNc1cn(-c2ccc(C)cc2)nc1C(N)=O.O=Cc1coc(-c2ccnc(NCC(F)(F)P)c2)n1. The second-order valence-electron chi connectivity index (χ2n) is 7.53. The largest absolute Gasteiger partial charge is 0.444 e. The Kier molecular flexibility index (Phi) is 11.0. The Labute approximate surface area is 221 Å². The number of aromatic nitrogens is 4. The summed E-state index contributed by atoms with van der Waals surface area (Å²) in [4.78, 5) is 29.5. The number of pyridine rings is 1. The van der Waals surface area contributed by atoms with Gasteiger partial charge in [-0.25, -0.2) is 23.4 Å². The van der Waals surface area contributed by atoms with E-state index in [1.54, 1.807) is 24.0 Å². The normalized spacial score (nSPS) is 10.4. The summed E-state index contributed by atoms with van der Waals surface area (Å²) < 4.78 is 32.1. The number of amides is 1. The van der Waals surface area contributed by atoms with E-state index in [1.807, 2.05) is 45.0 Å². The molecule has 4 rings (SSSR count). The van der Waals surface area contributed by atoms with Crippen molar-refractivity contribution in [3.05, 3.63) is 72.0 Å². The molecule has 1 amide bonds. The highest BCUT2D eigenvalue weighted by molar-refractivity contribution is 7.18. The predicted molar refractivity (Wildman–Crippen MR) is 146 cm³/mol. The Hall–Kier alpha value is -4.18.